The maximum absolute atomic E-state index is 12.4. The molecule has 0 aliphatic carbocycles. The van der Waals surface area contributed by atoms with Crippen molar-refractivity contribution in [2.75, 3.05) is 38.5 Å². The molecule has 7 nitrogen and oxygen atoms in total. The smallest absolute Gasteiger partial charge is 0.240 e. The van der Waals surface area contributed by atoms with Crippen molar-refractivity contribution in [2.24, 2.45) is 11.8 Å². The van der Waals surface area contributed by atoms with Gasteiger partial charge in [0.1, 0.15) is 0 Å². The lowest BCUT2D eigenvalue weighted by atomic mass is 10.0. The first-order valence-corrected chi connectivity index (χ1v) is 10.7. The largest absolute Gasteiger partial charge is 0.316 e. The van der Waals surface area contributed by atoms with Crippen molar-refractivity contribution in [3.8, 4) is 0 Å². The van der Waals surface area contributed by atoms with Crippen LogP contribution in [0.15, 0.2) is 35.2 Å². The Labute approximate surface area is 137 Å². The summed E-state index contributed by atoms with van der Waals surface area (Å²) in [7, 11) is -7.09. The van der Waals surface area contributed by atoms with Gasteiger partial charge < -0.3 is 5.32 Å². The van der Waals surface area contributed by atoms with Crippen molar-refractivity contribution in [3.63, 3.8) is 0 Å². The van der Waals surface area contributed by atoms with Crippen LogP contribution in [0.4, 0.5) is 0 Å². The van der Waals surface area contributed by atoms with E-state index < -0.39 is 20.0 Å². The molecule has 2 saturated heterocycles. The van der Waals surface area contributed by atoms with E-state index in [4.69, 9.17) is 0 Å². The highest BCUT2D eigenvalue weighted by molar-refractivity contribution is 7.90. The van der Waals surface area contributed by atoms with E-state index in [1.807, 2.05) is 0 Å². The van der Waals surface area contributed by atoms with Crippen LogP contribution in [0.25, 0.3) is 0 Å². The Morgan fingerprint density at radius 2 is 1.65 bits per heavy atom. The Balaban J connectivity index is 1.56. The van der Waals surface area contributed by atoms with Crippen molar-refractivity contribution in [3.05, 3.63) is 30.3 Å². The van der Waals surface area contributed by atoms with Crippen molar-refractivity contribution in [2.45, 2.75) is 4.90 Å². The molecule has 1 aromatic rings. The van der Waals surface area contributed by atoms with Crippen LogP contribution < -0.4 is 10.0 Å². The number of fused-ring (bicyclic) bond motifs is 1. The maximum Gasteiger partial charge on any atom is 0.240 e. The average molecular weight is 359 g/mol. The molecule has 0 spiro atoms. The van der Waals surface area contributed by atoms with Crippen LogP contribution in [-0.4, -0.2) is 59.6 Å². The summed E-state index contributed by atoms with van der Waals surface area (Å²) in [5.41, 5.74) is 0. The van der Waals surface area contributed by atoms with Gasteiger partial charge in [0.25, 0.3) is 0 Å². The summed E-state index contributed by atoms with van der Waals surface area (Å²) in [6.07, 6.45) is 0. The fraction of sp³-hybridized carbons (Fsp3) is 0.571. The van der Waals surface area contributed by atoms with Gasteiger partial charge >= 0.3 is 0 Å². The Morgan fingerprint density at radius 3 is 2.26 bits per heavy atom. The lowest BCUT2D eigenvalue weighted by Crippen LogP contribution is -2.37. The predicted molar refractivity (Wildman–Crippen MR) is 86.8 cm³/mol. The van der Waals surface area contributed by atoms with E-state index in [1.165, 1.54) is 16.4 Å². The van der Waals surface area contributed by atoms with E-state index in [-0.39, 0.29) is 17.2 Å². The fourth-order valence-electron chi connectivity index (χ4n) is 3.16. The molecule has 128 valence electrons. The van der Waals surface area contributed by atoms with Gasteiger partial charge in [-0.3, -0.25) is 0 Å². The van der Waals surface area contributed by atoms with Crippen molar-refractivity contribution in [1.82, 2.24) is 14.3 Å². The number of hydrogen-bond acceptors (Lipinski definition) is 5. The molecule has 0 aromatic heterocycles. The van der Waals surface area contributed by atoms with Gasteiger partial charge in [0.15, 0.2) is 0 Å². The molecular formula is C14H21N3O4S2. The Hall–Kier alpha value is -1.00. The van der Waals surface area contributed by atoms with Crippen molar-refractivity contribution < 1.29 is 16.8 Å². The molecule has 1 aromatic carbocycles. The second-order valence-electron chi connectivity index (χ2n) is 6.02. The highest BCUT2D eigenvalue weighted by Gasteiger charge is 2.40. The zero-order valence-electron chi connectivity index (χ0n) is 12.7. The zero-order chi connectivity index (χ0) is 16.5. The molecule has 0 saturated carbocycles. The molecule has 2 aliphatic rings. The molecule has 2 atom stereocenters. The van der Waals surface area contributed by atoms with Crippen LogP contribution in [0.5, 0.6) is 0 Å². The van der Waals surface area contributed by atoms with E-state index in [9.17, 15) is 16.8 Å². The Kier molecular flexibility index (Phi) is 4.75. The molecule has 0 amide bonds. The topological polar surface area (TPSA) is 95.6 Å². The first-order valence-electron chi connectivity index (χ1n) is 7.62. The van der Waals surface area contributed by atoms with E-state index in [0.717, 1.165) is 13.1 Å². The standard InChI is InChI=1S/C14H21N3O4S2/c18-22(19,17-10-12-8-15-9-13(12)11-17)7-6-16-23(20,21)14-4-2-1-3-5-14/h1-5,12-13,15-16H,6-11H2/t12-,13+. The van der Waals surface area contributed by atoms with Gasteiger partial charge in [-0.05, 0) is 37.1 Å². The van der Waals surface area contributed by atoms with Gasteiger partial charge in [0.2, 0.25) is 20.0 Å². The summed E-state index contributed by atoms with van der Waals surface area (Å²) in [5.74, 6) is 0.544. The van der Waals surface area contributed by atoms with Crippen LogP contribution in [0.3, 0.4) is 0 Å². The second-order valence-corrected chi connectivity index (χ2v) is 9.88. The van der Waals surface area contributed by atoms with Crippen LogP contribution in [-0.2, 0) is 20.0 Å². The van der Waals surface area contributed by atoms with Gasteiger partial charge in [-0.25, -0.2) is 25.9 Å². The lowest BCUT2D eigenvalue weighted by molar-refractivity contribution is 0.448. The number of sulfonamides is 2. The summed E-state index contributed by atoms with van der Waals surface area (Å²) in [6, 6.07) is 7.93. The molecule has 23 heavy (non-hydrogen) atoms. The molecule has 2 aliphatic heterocycles. The zero-order valence-corrected chi connectivity index (χ0v) is 14.3. The number of hydrogen-bond donors (Lipinski definition) is 2. The van der Waals surface area contributed by atoms with Gasteiger partial charge in [-0.15, -0.1) is 0 Å². The molecule has 9 heteroatoms. The van der Waals surface area contributed by atoms with E-state index in [2.05, 4.69) is 10.0 Å². The highest BCUT2D eigenvalue weighted by atomic mass is 32.2. The molecule has 3 rings (SSSR count). The van der Waals surface area contributed by atoms with Crippen LogP contribution in [0.2, 0.25) is 0 Å². The SMILES string of the molecule is O=S(=O)(NCCS(=O)(=O)N1C[C@H]2CNC[C@H]2C1)c1ccccc1. The third kappa shape index (κ3) is 3.74. The lowest BCUT2D eigenvalue weighted by Gasteiger charge is -2.17. The summed E-state index contributed by atoms with van der Waals surface area (Å²) in [4.78, 5) is 0.138. The summed E-state index contributed by atoms with van der Waals surface area (Å²) in [6.45, 7) is 2.66. The normalized spacial score (nSPS) is 25.6. The second kappa shape index (κ2) is 6.48. The first kappa shape index (κ1) is 16.8. The quantitative estimate of drug-likeness (QED) is 0.710. The molecular weight excluding hydrogens is 338 g/mol. The molecule has 2 heterocycles. The molecule has 0 bridgehead atoms. The van der Waals surface area contributed by atoms with Gasteiger partial charge in [0.05, 0.1) is 10.6 Å². The van der Waals surface area contributed by atoms with Gasteiger partial charge in [-0.2, -0.15) is 0 Å². The van der Waals surface area contributed by atoms with E-state index in [0.29, 0.717) is 24.9 Å². The first-order chi connectivity index (χ1) is 10.9. The van der Waals surface area contributed by atoms with Crippen molar-refractivity contribution in [1.29, 1.82) is 0 Å². The fourth-order valence-corrected chi connectivity index (χ4v) is 5.79. The minimum Gasteiger partial charge on any atom is -0.316 e. The Bertz CT molecular complexity index is 737. The van der Waals surface area contributed by atoms with E-state index >= 15 is 0 Å². The molecule has 0 unspecified atom stereocenters. The average Bonchev–Trinajstić information content (AvgIpc) is 3.09. The Morgan fingerprint density at radius 1 is 1.04 bits per heavy atom. The number of nitrogens with one attached hydrogen (secondary N) is 2. The summed E-state index contributed by atoms with van der Waals surface area (Å²) >= 11 is 0. The van der Waals surface area contributed by atoms with Crippen LogP contribution >= 0.6 is 0 Å². The van der Waals surface area contributed by atoms with Gasteiger partial charge in [0, 0.05) is 19.6 Å². The maximum atomic E-state index is 12.4. The number of nitrogens with zero attached hydrogens (tertiary/aromatic N) is 1. The number of benzene rings is 1. The van der Waals surface area contributed by atoms with Crippen molar-refractivity contribution >= 4 is 20.0 Å². The molecule has 2 fully saturated rings. The van der Waals surface area contributed by atoms with Gasteiger partial charge in [-0.1, -0.05) is 18.2 Å². The van der Waals surface area contributed by atoms with E-state index in [1.54, 1.807) is 18.2 Å². The monoisotopic (exact) mass is 359 g/mol. The minimum absolute atomic E-state index is 0.121. The third-order valence-electron chi connectivity index (χ3n) is 4.46. The third-order valence-corrected chi connectivity index (χ3v) is 7.74. The minimum atomic E-state index is -3.66. The highest BCUT2D eigenvalue weighted by Crippen LogP contribution is 2.28. The van der Waals surface area contributed by atoms with Crippen LogP contribution in [0.1, 0.15) is 0 Å². The predicted octanol–water partition coefficient (Wildman–Crippen LogP) is -0.554. The van der Waals surface area contributed by atoms with Crippen LogP contribution in [0, 0.1) is 11.8 Å². The number of rotatable bonds is 6. The molecule has 2 N–H and O–H groups in total. The molecule has 0 radical (unpaired) electrons. The summed E-state index contributed by atoms with van der Waals surface area (Å²) < 4.78 is 52.7. The summed E-state index contributed by atoms with van der Waals surface area (Å²) in [5, 5.41) is 3.26.